The predicted molar refractivity (Wildman–Crippen MR) is 88.3 cm³/mol. The summed E-state index contributed by atoms with van der Waals surface area (Å²) in [6.07, 6.45) is 0.453. The highest BCUT2D eigenvalue weighted by Crippen LogP contribution is 2.29. The molecule has 2 rings (SSSR count). The summed E-state index contributed by atoms with van der Waals surface area (Å²) in [5, 5.41) is 3.28. The third-order valence-electron chi connectivity index (χ3n) is 3.25. The molecule has 112 valence electrons. The number of rotatable bonds is 5. The van der Waals surface area contributed by atoms with Crippen molar-refractivity contribution in [1.29, 1.82) is 0 Å². The Kier molecular flexibility index (Phi) is 5.90. The highest BCUT2D eigenvalue weighted by molar-refractivity contribution is 9.10. The first-order valence-electron chi connectivity index (χ1n) is 6.64. The van der Waals surface area contributed by atoms with Crippen LogP contribution in [0.25, 0.3) is 0 Å². The summed E-state index contributed by atoms with van der Waals surface area (Å²) in [7, 11) is 0. The fraction of sp³-hybridized carbons (Fsp3) is 0.250. The second kappa shape index (κ2) is 7.47. The third-order valence-corrected chi connectivity index (χ3v) is 4.58. The normalized spacial score (nSPS) is 12.4. The van der Waals surface area contributed by atoms with Crippen molar-refractivity contribution in [3.8, 4) is 0 Å². The number of nitrogens with one attached hydrogen (secondary N) is 1. The molecule has 0 aromatic heterocycles. The van der Waals surface area contributed by atoms with Gasteiger partial charge in [-0.3, -0.25) is 0 Å². The van der Waals surface area contributed by atoms with Gasteiger partial charge in [0.2, 0.25) is 0 Å². The lowest BCUT2D eigenvalue weighted by Crippen LogP contribution is -2.24. The van der Waals surface area contributed by atoms with Crippen LogP contribution in [0.5, 0.6) is 0 Å². The van der Waals surface area contributed by atoms with Crippen molar-refractivity contribution in [2.45, 2.75) is 19.4 Å². The van der Waals surface area contributed by atoms with Gasteiger partial charge in [-0.15, -0.1) is 0 Å². The van der Waals surface area contributed by atoms with Gasteiger partial charge >= 0.3 is 0 Å². The van der Waals surface area contributed by atoms with Crippen molar-refractivity contribution < 1.29 is 8.78 Å². The molecular formula is C16H15Br2F2N. The van der Waals surface area contributed by atoms with Gasteiger partial charge in [-0.05, 0) is 58.2 Å². The van der Waals surface area contributed by atoms with E-state index in [9.17, 15) is 8.78 Å². The minimum absolute atomic E-state index is 0.157. The molecule has 21 heavy (non-hydrogen) atoms. The molecule has 0 fully saturated rings. The van der Waals surface area contributed by atoms with Gasteiger partial charge in [0.1, 0.15) is 11.6 Å². The first kappa shape index (κ1) is 16.6. The maximum absolute atomic E-state index is 14.0. The van der Waals surface area contributed by atoms with E-state index < -0.39 is 0 Å². The van der Waals surface area contributed by atoms with Crippen molar-refractivity contribution in [3.63, 3.8) is 0 Å². The van der Waals surface area contributed by atoms with Crippen molar-refractivity contribution in [3.05, 3.63) is 68.1 Å². The van der Waals surface area contributed by atoms with E-state index in [1.165, 1.54) is 12.1 Å². The number of hydrogen-bond donors (Lipinski definition) is 1. The second-order valence-corrected chi connectivity index (χ2v) is 6.40. The minimum Gasteiger partial charge on any atom is -0.310 e. The summed E-state index contributed by atoms with van der Waals surface area (Å²) >= 11 is 6.52. The van der Waals surface area contributed by atoms with Crippen molar-refractivity contribution in [2.75, 3.05) is 6.54 Å². The molecule has 1 N–H and O–H groups in total. The lowest BCUT2D eigenvalue weighted by molar-refractivity contribution is 0.520. The van der Waals surface area contributed by atoms with Gasteiger partial charge in [0.25, 0.3) is 0 Å². The zero-order valence-corrected chi connectivity index (χ0v) is 14.6. The summed E-state index contributed by atoms with van der Waals surface area (Å²) in [6, 6.07) is 9.75. The van der Waals surface area contributed by atoms with Crippen LogP contribution < -0.4 is 5.32 Å². The highest BCUT2D eigenvalue weighted by Gasteiger charge is 2.18. The molecule has 0 bridgehead atoms. The number of likely N-dealkylation sites (N-methyl/N-ethyl adjacent to an activating group) is 1. The fourth-order valence-electron chi connectivity index (χ4n) is 2.24. The Balaban J connectivity index is 2.33. The molecular weight excluding hydrogens is 404 g/mol. The molecule has 2 aromatic carbocycles. The third kappa shape index (κ3) is 4.11. The first-order chi connectivity index (χ1) is 10.0. The van der Waals surface area contributed by atoms with Crippen LogP contribution in [0.1, 0.15) is 24.1 Å². The lowest BCUT2D eigenvalue weighted by atomic mass is 9.98. The van der Waals surface area contributed by atoms with E-state index in [0.717, 1.165) is 5.56 Å². The van der Waals surface area contributed by atoms with Crippen LogP contribution in [0.15, 0.2) is 45.3 Å². The predicted octanol–water partition coefficient (Wildman–Crippen LogP) is 5.38. The van der Waals surface area contributed by atoms with Gasteiger partial charge in [0, 0.05) is 10.5 Å². The first-order valence-corrected chi connectivity index (χ1v) is 8.22. The SMILES string of the molecule is CCNC(Cc1ccc(Br)cc1F)c1cccc(F)c1Br. The largest absolute Gasteiger partial charge is 0.310 e. The van der Waals surface area contributed by atoms with E-state index in [-0.39, 0.29) is 17.7 Å². The van der Waals surface area contributed by atoms with Gasteiger partial charge in [0.05, 0.1) is 4.47 Å². The van der Waals surface area contributed by atoms with Crippen molar-refractivity contribution in [2.24, 2.45) is 0 Å². The van der Waals surface area contributed by atoms with Gasteiger partial charge in [-0.2, -0.15) is 0 Å². The zero-order chi connectivity index (χ0) is 15.4. The number of benzene rings is 2. The molecule has 1 unspecified atom stereocenters. The number of halogens is 4. The van der Waals surface area contributed by atoms with Gasteiger partial charge < -0.3 is 5.32 Å². The Morgan fingerprint density at radius 2 is 1.86 bits per heavy atom. The molecule has 0 saturated carbocycles. The molecule has 0 spiro atoms. The summed E-state index contributed by atoms with van der Waals surface area (Å²) in [6.45, 7) is 2.68. The van der Waals surface area contributed by atoms with Crippen LogP contribution >= 0.6 is 31.9 Å². The van der Waals surface area contributed by atoms with E-state index in [4.69, 9.17) is 0 Å². The molecule has 1 atom stereocenters. The Labute approximate surface area is 140 Å². The summed E-state index contributed by atoms with van der Waals surface area (Å²) in [5.74, 6) is -0.577. The second-order valence-electron chi connectivity index (χ2n) is 4.69. The minimum atomic E-state index is -0.313. The average Bonchev–Trinajstić information content (AvgIpc) is 2.44. The van der Waals surface area contributed by atoms with Gasteiger partial charge in [0.15, 0.2) is 0 Å². The van der Waals surface area contributed by atoms with E-state index in [1.807, 2.05) is 19.1 Å². The smallest absolute Gasteiger partial charge is 0.137 e. The molecule has 0 radical (unpaired) electrons. The van der Waals surface area contributed by atoms with Gasteiger partial charge in [-0.25, -0.2) is 8.78 Å². The van der Waals surface area contributed by atoms with E-state index in [2.05, 4.69) is 37.2 Å². The van der Waals surface area contributed by atoms with E-state index in [1.54, 1.807) is 12.1 Å². The fourth-order valence-corrected chi connectivity index (χ4v) is 3.11. The van der Waals surface area contributed by atoms with E-state index >= 15 is 0 Å². The van der Waals surface area contributed by atoms with E-state index in [0.29, 0.717) is 27.5 Å². The Bertz CT molecular complexity index is 632. The molecule has 0 aliphatic heterocycles. The zero-order valence-electron chi connectivity index (χ0n) is 11.5. The maximum Gasteiger partial charge on any atom is 0.137 e. The van der Waals surface area contributed by atoms with Crippen LogP contribution in [0.2, 0.25) is 0 Å². The molecule has 1 nitrogen and oxygen atoms in total. The Hall–Kier alpha value is -0.780. The van der Waals surface area contributed by atoms with Crippen molar-refractivity contribution >= 4 is 31.9 Å². The monoisotopic (exact) mass is 417 g/mol. The van der Waals surface area contributed by atoms with Gasteiger partial charge in [-0.1, -0.05) is 41.1 Å². The number of hydrogen-bond acceptors (Lipinski definition) is 1. The standard InChI is InChI=1S/C16H15Br2F2N/c1-2-21-15(12-4-3-5-13(19)16(12)18)8-10-6-7-11(17)9-14(10)20/h3-7,9,15,21H,2,8H2,1H3. The molecule has 2 aromatic rings. The summed E-state index contributed by atoms with van der Waals surface area (Å²) in [4.78, 5) is 0. The molecule has 0 aliphatic carbocycles. The summed E-state index contributed by atoms with van der Waals surface area (Å²) < 4.78 is 28.8. The van der Waals surface area contributed by atoms with Crippen molar-refractivity contribution in [1.82, 2.24) is 5.32 Å². The Morgan fingerprint density at radius 3 is 2.52 bits per heavy atom. The average molecular weight is 419 g/mol. The maximum atomic E-state index is 14.0. The molecule has 0 amide bonds. The van der Waals surface area contributed by atoms with Crippen LogP contribution in [0.3, 0.4) is 0 Å². The van der Waals surface area contributed by atoms with Crippen LogP contribution in [0.4, 0.5) is 8.78 Å². The highest BCUT2D eigenvalue weighted by atomic mass is 79.9. The van der Waals surface area contributed by atoms with Crippen LogP contribution in [-0.2, 0) is 6.42 Å². The summed E-state index contributed by atoms with van der Waals surface area (Å²) in [5.41, 5.74) is 1.39. The quantitative estimate of drug-likeness (QED) is 0.686. The molecule has 0 heterocycles. The Morgan fingerprint density at radius 1 is 1.10 bits per heavy atom. The van der Waals surface area contributed by atoms with Crippen LogP contribution in [-0.4, -0.2) is 6.54 Å². The van der Waals surface area contributed by atoms with Crippen LogP contribution in [0, 0.1) is 11.6 Å². The molecule has 0 saturated heterocycles. The lowest BCUT2D eigenvalue weighted by Gasteiger charge is -2.20. The molecule has 5 heteroatoms. The topological polar surface area (TPSA) is 12.0 Å². The molecule has 0 aliphatic rings.